The Balaban J connectivity index is 1.65. The van der Waals surface area contributed by atoms with Crippen LogP contribution < -0.4 is 5.32 Å². The van der Waals surface area contributed by atoms with Crippen LogP contribution in [-0.2, 0) is 11.8 Å². The van der Waals surface area contributed by atoms with Crippen molar-refractivity contribution in [3.05, 3.63) is 29.8 Å². The molecule has 1 heterocycles. The van der Waals surface area contributed by atoms with Gasteiger partial charge < -0.3 is 9.88 Å². The first-order valence-electron chi connectivity index (χ1n) is 9.48. The molecular formula is C20H28N4OS. The van der Waals surface area contributed by atoms with E-state index < -0.39 is 0 Å². The summed E-state index contributed by atoms with van der Waals surface area (Å²) in [6.45, 7) is 4.01. The number of hydrogen-bond acceptors (Lipinski definition) is 4. The van der Waals surface area contributed by atoms with Gasteiger partial charge in [-0.05, 0) is 32.3 Å². The highest BCUT2D eigenvalue weighted by Crippen LogP contribution is 2.27. The molecule has 1 saturated carbocycles. The summed E-state index contributed by atoms with van der Waals surface area (Å²) in [4.78, 5) is 12.6. The number of nitrogens with zero attached hydrogens (tertiary/aromatic N) is 3. The third kappa shape index (κ3) is 4.47. The molecule has 5 nitrogen and oxygen atoms in total. The first kappa shape index (κ1) is 19.0. The first-order chi connectivity index (χ1) is 12.6. The van der Waals surface area contributed by atoms with E-state index in [2.05, 4.69) is 34.6 Å². The van der Waals surface area contributed by atoms with E-state index >= 15 is 0 Å². The lowest BCUT2D eigenvalue weighted by atomic mass is 10.1. The van der Waals surface area contributed by atoms with Crippen molar-refractivity contribution in [1.82, 2.24) is 20.1 Å². The molecular weight excluding hydrogens is 344 g/mol. The Bertz CT molecular complexity index is 750. The van der Waals surface area contributed by atoms with Crippen molar-refractivity contribution in [2.75, 3.05) is 0 Å². The molecule has 0 unspecified atom stereocenters. The maximum Gasteiger partial charge on any atom is 0.233 e. The van der Waals surface area contributed by atoms with Gasteiger partial charge in [0.2, 0.25) is 5.91 Å². The average Bonchev–Trinajstić information content (AvgIpc) is 2.83. The minimum absolute atomic E-state index is 0.0994. The third-order valence-electron chi connectivity index (χ3n) is 5.07. The van der Waals surface area contributed by atoms with E-state index in [9.17, 15) is 4.79 Å². The van der Waals surface area contributed by atoms with Crippen molar-refractivity contribution in [3.63, 3.8) is 0 Å². The predicted molar refractivity (Wildman–Crippen MR) is 106 cm³/mol. The molecule has 0 spiro atoms. The lowest BCUT2D eigenvalue weighted by Crippen LogP contribution is -2.39. The summed E-state index contributed by atoms with van der Waals surface area (Å²) in [6, 6.07) is 8.47. The molecule has 1 aromatic carbocycles. The molecule has 6 heteroatoms. The minimum Gasteiger partial charge on any atom is -0.352 e. The summed E-state index contributed by atoms with van der Waals surface area (Å²) < 4.78 is 1.97. The van der Waals surface area contributed by atoms with Crippen LogP contribution in [0.4, 0.5) is 0 Å². The number of hydrogen-bond donors (Lipinski definition) is 1. The Labute approximate surface area is 160 Å². The standard InChI is InChI=1S/C20H28N4OS/c1-14-10-8-9-13-17(14)18-22-23-20(24(18)3)26-15(2)19(25)21-16-11-6-4-5-7-12-16/h8-10,13,15-16H,4-7,11-12H2,1-3H3,(H,21,25)/t15-/m0/s1. The van der Waals surface area contributed by atoms with E-state index in [1.54, 1.807) is 0 Å². The van der Waals surface area contributed by atoms with Gasteiger partial charge >= 0.3 is 0 Å². The summed E-state index contributed by atoms with van der Waals surface area (Å²) in [5.74, 6) is 0.935. The molecule has 1 aromatic heterocycles. The van der Waals surface area contributed by atoms with Crippen LogP contribution in [0.5, 0.6) is 0 Å². The van der Waals surface area contributed by atoms with Gasteiger partial charge in [-0.3, -0.25) is 4.79 Å². The SMILES string of the molecule is Cc1ccccc1-c1nnc(S[C@@H](C)C(=O)NC2CCCCCC2)n1C. The fourth-order valence-corrected chi connectivity index (χ4v) is 4.25. The van der Waals surface area contributed by atoms with Crippen LogP contribution in [0.3, 0.4) is 0 Å². The summed E-state index contributed by atoms with van der Waals surface area (Å²) in [6.07, 6.45) is 7.22. The molecule has 2 aromatic rings. The van der Waals surface area contributed by atoms with E-state index in [1.807, 2.05) is 30.7 Å². The Kier molecular flexibility index (Phi) is 6.35. The minimum atomic E-state index is -0.189. The molecule has 3 rings (SSSR count). The lowest BCUT2D eigenvalue weighted by Gasteiger charge is -2.19. The largest absolute Gasteiger partial charge is 0.352 e. The number of nitrogens with one attached hydrogen (secondary N) is 1. The lowest BCUT2D eigenvalue weighted by molar-refractivity contribution is -0.121. The van der Waals surface area contributed by atoms with Gasteiger partial charge in [0, 0.05) is 18.7 Å². The van der Waals surface area contributed by atoms with E-state index in [1.165, 1.54) is 43.0 Å². The summed E-state index contributed by atoms with van der Waals surface area (Å²) in [7, 11) is 1.96. The van der Waals surface area contributed by atoms with Crippen LogP contribution >= 0.6 is 11.8 Å². The van der Waals surface area contributed by atoms with Crippen LogP contribution in [0.25, 0.3) is 11.4 Å². The number of benzene rings is 1. The molecule has 1 aliphatic rings. The van der Waals surface area contributed by atoms with Gasteiger partial charge in [-0.25, -0.2) is 0 Å². The molecule has 26 heavy (non-hydrogen) atoms. The highest BCUT2D eigenvalue weighted by Gasteiger charge is 2.22. The predicted octanol–water partition coefficient (Wildman–Crippen LogP) is 4.11. The van der Waals surface area contributed by atoms with Crippen molar-refractivity contribution >= 4 is 17.7 Å². The van der Waals surface area contributed by atoms with Gasteiger partial charge in [0.15, 0.2) is 11.0 Å². The monoisotopic (exact) mass is 372 g/mol. The zero-order chi connectivity index (χ0) is 18.5. The van der Waals surface area contributed by atoms with Gasteiger partial charge in [0.25, 0.3) is 0 Å². The van der Waals surface area contributed by atoms with Crippen LogP contribution in [0, 0.1) is 6.92 Å². The molecule has 1 amide bonds. The van der Waals surface area contributed by atoms with Crippen molar-refractivity contribution in [2.45, 2.75) is 68.8 Å². The number of carbonyl (C=O) groups is 1. The van der Waals surface area contributed by atoms with Gasteiger partial charge in [0.05, 0.1) is 5.25 Å². The normalized spacial score (nSPS) is 16.9. The average molecular weight is 373 g/mol. The third-order valence-corrected chi connectivity index (χ3v) is 6.21. The van der Waals surface area contributed by atoms with Gasteiger partial charge in [-0.2, -0.15) is 0 Å². The number of aromatic nitrogens is 3. The molecule has 0 aliphatic heterocycles. The highest BCUT2D eigenvalue weighted by molar-refractivity contribution is 8.00. The topological polar surface area (TPSA) is 59.8 Å². The summed E-state index contributed by atoms with van der Waals surface area (Å²) in [5.41, 5.74) is 2.24. The fraction of sp³-hybridized carbons (Fsp3) is 0.550. The fourth-order valence-electron chi connectivity index (χ4n) is 3.43. The smallest absolute Gasteiger partial charge is 0.233 e. The molecule has 1 N–H and O–H groups in total. The second kappa shape index (κ2) is 8.71. The van der Waals surface area contributed by atoms with Gasteiger partial charge in [-0.15, -0.1) is 10.2 Å². The maximum atomic E-state index is 12.6. The quantitative estimate of drug-likeness (QED) is 0.634. The zero-order valence-corrected chi connectivity index (χ0v) is 16.7. The number of aryl methyl sites for hydroxylation is 1. The van der Waals surface area contributed by atoms with Gasteiger partial charge in [-0.1, -0.05) is 61.7 Å². The summed E-state index contributed by atoms with van der Waals surface area (Å²) in [5, 5.41) is 12.5. The molecule has 140 valence electrons. The molecule has 0 radical (unpaired) electrons. The van der Waals surface area contributed by atoms with Crippen molar-refractivity contribution in [1.29, 1.82) is 0 Å². The van der Waals surface area contributed by atoms with E-state index in [0.29, 0.717) is 6.04 Å². The summed E-state index contributed by atoms with van der Waals surface area (Å²) >= 11 is 1.47. The molecule has 0 saturated heterocycles. The molecule has 1 fully saturated rings. The van der Waals surface area contributed by atoms with E-state index in [4.69, 9.17) is 0 Å². The second-order valence-electron chi connectivity index (χ2n) is 7.14. The molecule has 1 atom stereocenters. The Morgan fingerprint density at radius 3 is 2.58 bits per heavy atom. The number of rotatable bonds is 5. The van der Waals surface area contributed by atoms with E-state index in [-0.39, 0.29) is 11.2 Å². The molecule has 0 bridgehead atoms. The van der Waals surface area contributed by atoms with Crippen molar-refractivity contribution < 1.29 is 4.79 Å². The first-order valence-corrected chi connectivity index (χ1v) is 10.4. The maximum absolute atomic E-state index is 12.6. The molecule has 1 aliphatic carbocycles. The Hall–Kier alpha value is -1.82. The Morgan fingerprint density at radius 1 is 1.19 bits per heavy atom. The van der Waals surface area contributed by atoms with Crippen molar-refractivity contribution in [2.24, 2.45) is 7.05 Å². The number of carbonyl (C=O) groups excluding carboxylic acids is 1. The van der Waals surface area contributed by atoms with Crippen LogP contribution in [-0.4, -0.2) is 32.0 Å². The number of thioether (sulfide) groups is 1. The van der Waals surface area contributed by atoms with E-state index in [0.717, 1.165) is 29.4 Å². The highest BCUT2D eigenvalue weighted by atomic mass is 32.2. The Morgan fingerprint density at radius 2 is 1.88 bits per heavy atom. The number of amides is 1. The van der Waals surface area contributed by atoms with Crippen LogP contribution in [0.15, 0.2) is 29.4 Å². The van der Waals surface area contributed by atoms with Crippen LogP contribution in [0.1, 0.15) is 51.0 Å². The second-order valence-corrected chi connectivity index (χ2v) is 8.45. The van der Waals surface area contributed by atoms with Gasteiger partial charge in [0.1, 0.15) is 0 Å². The zero-order valence-electron chi connectivity index (χ0n) is 15.9. The van der Waals surface area contributed by atoms with Crippen molar-refractivity contribution in [3.8, 4) is 11.4 Å². The van der Waals surface area contributed by atoms with Crippen LogP contribution in [0.2, 0.25) is 0 Å².